The molecule has 4 heteroatoms. The molecule has 0 aliphatic rings. The molecule has 0 spiro atoms. The molecule has 0 amide bonds. The first-order valence-electron chi connectivity index (χ1n) is 6.94. The molecule has 21 heavy (non-hydrogen) atoms. The molecule has 0 aromatic heterocycles. The van der Waals surface area contributed by atoms with Gasteiger partial charge in [0.25, 0.3) is 0 Å². The molecule has 1 unspecified atom stereocenters. The van der Waals surface area contributed by atoms with Gasteiger partial charge in [-0.15, -0.1) is 0 Å². The lowest BCUT2D eigenvalue weighted by Crippen LogP contribution is -3.02. The first-order chi connectivity index (χ1) is 9.94. The molecule has 4 nitrogen and oxygen atoms in total. The summed E-state index contributed by atoms with van der Waals surface area (Å²) >= 11 is 0. The Morgan fingerprint density at radius 2 is 1.57 bits per heavy atom. The van der Waals surface area contributed by atoms with Crippen LogP contribution in [0.25, 0.3) is 0 Å². The second-order valence-corrected chi connectivity index (χ2v) is 5.80. The van der Waals surface area contributed by atoms with Gasteiger partial charge in [0.1, 0.15) is 18.0 Å². The fourth-order valence-corrected chi connectivity index (χ4v) is 1.77. The van der Waals surface area contributed by atoms with Gasteiger partial charge in [-0.05, 0) is 38.5 Å². The highest BCUT2D eigenvalue weighted by Gasteiger charge is 2.17. The molecule has 0 heterocycles. The summed E-state index contributed by atoms with van der Waals surface area (Å²) in [4.78, 5) is 5.31. The van der Waals surface area contributed by atoms with E-state index in [9.17, 15) is 5.21 Å². The molecule has 1 atom stereocenters. The molecular weight excluding hydrogens is 266 g/mol. The minimum Gasteiger partial charge on any atom is -0.595 e. The summed E-state index contributed by atoms with van der Waals surface area (Å²) in [7, 11) is 0. The standard InChI is InChI=1S/C17H21NO3/c1-17(2,3)21-18(19)15-9-11-16(12-10-15)20-13-14-7-5-4-6-8-14/h4-12,18H,13H2,1-3H3. The molecule has 1 N–H and O–H groups in total. The topological polar surface area (TPSA) is 46.0 Å². The number of hydrogen-bond acceptors (Lipinski definition) is 3. The van der Waals surface area contributed by atoms with Crippen molar-refractivity contribution >= 4 is 5.69 Å². The van der Waals surface area contributed by atoms with Crippen molar-refractivity contribution < 1.29 is 14.8 Å². The molecule has 0 aliphatic carbocycles. The molecule has 2 aromatic carbocycles. The molecule has 0 saturated carbocycles. The van der Waals surface area contributed by atoms with E-state index in [2.05, 4.69) is 0 Å². The molecular formula is C17H21NO3. The van der Waals surface area contributed by atoms with Crippen molar-refractivity contribution in [1.82, 2.24) is 0 Å². The average molecular weight is 287 g/mol. The van der Waals surface area contributed by atoms with Crippen molar-refractivity contribution in [2.24, 2.45) is 0 Å². The second-order valence-electron chi connectivity index (χ2n) is 5.80. The Morgan fingerprint density at radius 3 is 2.14 bits per heavy atom. The number of ether oxygens (including phenoxy) is 1. The van der Waals surface area contributed by atoms with Gasteiger partial charge in [0, 0.05) is 12.1 Å². The molecule has 0 saturated heterocycles. The second kappa shape index (κ2) is 6.72. The number of hydrogen-bond donors (Lipinski definition) is 1. The van der Waals surface area contributed by atoms with Gasteiger partial charge < -0.3 is 9.94 Å². The summed E-state index contributed by atoms with van der Waals surface area (Å²) < 4.78 is 5.68. The van der Waals surface area contributed by atoms with Gasteiger partial charge in [0.15, 0.2) is 5.69 Å². The quantitative estimate of drug-likeness (QED) is 0.860. The van der Waals surface area contributed by atoms with E-state index in [1.807, 2.05) is 51.1 Å². The van der Waals surface area contributed by atoms with E-state index in [-0.39, 0.29) is 5.23 Å². The summed E-state index contributed by atoms with van der Waals surface area (Å²) in [5.41, 5.74) is 1.14. The third kappa shape index (κ3) is 5.19. The number of benzene rings is 2. The van der Waals surface area contributed by atoms with Crippen molar-refractivity contribution in [2.45, 2.75) is 33.0 Å². The predicted octanol–water partition coefficient (Wildman–Crippen LogP) is 3.01. The van der Waals surface area contributed by atoms with Gasteiger partial charge in [-0.2, -0.15) is 10.1 Å². The van der Waals surface area contributed by atoms with Crippen molar-refractivity contribution in [2.75, 3.05) is 0 Å². The Hall–Kier alpha value is -1.88. The maximum absolute atomic E-state index is 11.9. The average Bonchev–Trinajstić information content (AvgIpc) is 2.45. The number of quaternary nitrogens is 1. The first-order valence-corrected chi connectivity index (χ1v) is 6.94. The van der Waals surface area contributed by atoms with E-state index in [0.29, 0.717) is 12.3 Å². The Kier molecular flexibility index (Phi) is 4.96. The van der Waals surface area contributed by atoms with E-state index in [1.54, 1.807) is 24.3 Å². The predicted molar refractivity (Wildman–Crippen MR) is 82.0 cm³/mol. The van der Waals surface area contributed by atoms with Crippen LogP contribution in [0.5, 0.6) is 5.75 Å². The first kappa shape index (κ1) is 15.5. The van der Waals surface area contributed by atoms with Crippen LogP contribution in [0.3, 0.4) is 0 Å². The van der Waals surface area contributed by atoms with Crippen molar-refractivity contribution in [3.05, 3.63) is 65.4 Å². The summed E-state index contributed by atoms with van der Waals surface area (Å²) in [6.45, 7) is 6.05. The van der Waals surface area contributed by atoms with Crippen LogP contribution >= 0.6 is 0 Å². The van der Waals surface area contributed by atoms with Gasteiger partial charge in [0.2, 0.25) is 0 Å². The van der Waals surface area contributed by atoms with Crippen LogP contribution in [0.1, 0.15) is 26.3 Å². The van der Waals surface area contributed by atoms with Crippen LogP contribution in [0.2, 0.25) is 0 Å². The third-order valence-electron chi connectivity index (χ3n) is 2.74. The van der Waals surface area contributed by atoms with Crippen molar-refractivity contribution in [3.63, 3.8) is 0 Å². The molecule has 0 fully saturated rings. The maximum Gasteiger partial charge on any atom is 0.164 e. The van der Waals surface area contributed by atoms with Crippen LogP contribution in [0, 0.1) is 5.21 Å². The van der Waals surface area contributed by atoms with E-state index in [1.165, 1.54) is 0 Å². The molecule has 0 aliphatic heterocycles. The maximum atomic E-state index is 11.9. The Balaban J connectivity index is 1.93. The minimum absolute atomic E-state index is 0.322. The van der Waals surface area contributed by atoms with Crippen LogP contribution in [0.15, 0.2) is 54.6 Å². The molecule has 2 aromatic rings. The zero-order valence-corrected chi connectivity index (χ0v) is 12.6. The number of nitrogens with one attached hydrogen (secondary N) is 1. The Bertz CT molecular complexity index is 546. The zero-order chi connectivity index (χ0) is 15.3. The van der Waals surface area contributed by atoms with Crippen LogP contribution < -0.4 is 9.96 Å². The zero-order valence-electron chi connectivity index (χ0n) is 12.6. The monoisotopic (exact) mass is 287 g/mol. The Labute approximate surface area is 125 Å². The fourth-order valence-electron chi connectivity index (χ4n) is 1.77. The third-order valence-corrected chi connectivity index (χ3v) is 2.74. The van der Waals surface area contributed by atoms with Crippen molar-refractivity contribution in [1.29, 1.82) is 0 Å². The van der Waals surface area contributed by atoms with Gasteiger partial charge in [-0.3, -0.25) is 0 Å². The highest BCUT2D eigenvalue weighted by Crippen LogP contribution is 2.15. The minimum atomic E-state index is -0.487. The van der Waals surface area contributed by atoms with Crippen LogP contribution in [-0.4, -0.2) is 5.60 Å². The lowest BCUT2D eigenvalue weighted by Gasteiger charge is -2.27. The van der Waals surface area contributed by atoms with E-state index < -0.39 is 5.60 Å². The van der Waals surface area contributed by atoms with Gasteiger partial charge in [0.05, 0.1) is 0 Å². The van der Waals surface area contributed by atoms with E-state index in [4.69, 9.17) is 9.57 Å². The molecule has 112 valence electrons. The highest BCUT2D eigenvalue weighted by molar-refractivity contribution is 5.35. The summed E-state index contributed by atoms with van der Waals surface area (Å²) in [6, 6.07) is 16.9. The van der Waals surface area contributed by atoms with Crippen LogP contribution in [0.4, 0.5) is 5.69 Å². The normalized spacial score (nSPS) is 13.0. The smallest absolute Gasteiger partial charge is 0.164 e. The Morgan fingerprint density at radius 1 is 0.952 bits per heavy atom. The molecule has 0 bridgehead atoms. The van der Waals surface area contributed by atoms with Gasteiger partial charge in [-0.25, -0.2) is 0 Å². The lowest BCUT2D eigenvalue weighted by atomic mass is 10.2. The lowest BCUT2D eigenvalue weighted by molar-refractivity contribution is -1.01. The number of rotatable bonds is 5. The van der Waals surface area contributed by atoms with Gasteiger partial charge >= 0.3 is 0 Å². The summed E-state index contributed by atoms with van der Waals surface area (Å²) in [5, 5.41) is 11.6. The summed E-state index contributed by atoms with van der Waals surface area (Å²) in [5.74, 6) is 0.728. The van der Waals surface area contributed by atoms with E-state index >= 15 is 0 Å². The summed E-state index contributed by atoms with van der Waals surface area (Å²) in [6.07, 6.45) is 0. The molecule has 2 rings (SSSR count). The van der Waals surface area contributed by atoms with Gasteiger partial charge in [-0.1, -0.05) is 30.3 Å². The SMILES string of the molecule is CC(C)(C)O[NH+]([O-])c1ccc(OCc2ccccc2)cc1. The van der Waals surface area contributed by atoms with Crippen LogP contribution in [-0.2, 0) is 11.4 Å². The fraction of sp³-hybridized carbons (Fsp3) is 0.294. The van der Waals surface area contributed by atoms with E-state index in [0.717, 1.165) is 11.3 Å². The molecule has 0 radical (unpaired) electrons. The largest absolute Gasteiger partial charge is 0.595 e. The highest BCUT2D eigenvalue weighted by atomic mass is 16.9. The van der Waals surface area contributed by atoms with Crippen molar-refractivity contribution in [3.8, 4) is 5.75 Å².